The molecule has 0 radical (unpaired) electrons. The number of carbonyl (C=O) groups excluding carboxylic acids is 1. The van der Waals surface area contributed by atoms with Gasteiger partial charge in [0.15, 0.2) is 5.82 Å². The van der Waals surface area contributed by atoms with Gasteiger partial charge in [-0.1, -0.05) is 0 Å². The van der Waals surface area contributed by atoms with E-state index in [9.17, 15) is 9.59 Å². The number of likely N-dealkylation sites (tertiary alicyclic amines) is 1. The molecule has 0 N–H and O–H groups in total. The number of amides is 1. The monoisotopic (exact) mass is 427 g/mol. The summed E-state index contributed by atoms with van der Waals surface area (Å²) >= 11 is 0. The van der Waals surface area contributed by atoms with Crippen molar-refractivity contribution in [1.29, 1.82) is 0 Å². The van der Waals surface area contributed by atoms with Crippen LogP contribution in [0, 0.1) is 13.8 Å². The Hall–Kier alpha value is -2.52. The molecule has 31 heavy (non-hydrogen) atoms. The Bertz CT molecular complexity index is 974. The highest BCUT2D eigenvalue weighted by Gasteiger charge is 2.27. The van der Waals surface area contributed by atoms with Gasteiger partial charge in [-0.05, 0) is 38.8 Å². The molecule has 0 aromatic carbocycles. The van der Waals surface area contributed by atoms with Crippen molar-refractivity contribution >= 4 is 5.91 Å². The number of nitrogens with zero attached hydrogens (tertiary/aromatic N) is 7. The zero-order chi connectivity index (χ0) is 22.0. The molecule has 2 fully saturated rings. The molecule has 0 saturated carbocycles. The quantitative estimate of drug-likeness (QED) is 0.674. The van der Waals surface area contributed by atoms with E-state index in [1.54, 1.807) is 21.5 Å². The minimum absolute atomic E-state index is 0.0890. The average molecular weight is 428 g/mol. The van der Waals surface area contributed by atoms with E-state index in [1.165, 1.54) is 0 Å². The van der Waals surface area contributed by atoms with Crippen molar-refractivity contribution in [2.24, 2.45) is 0 Å². The molecular formula is C22H33N7O2. The van der Waals surface area contributed by atoms with Crippen LogP contribution in [0.25, 0.3) is 5.82 Å². The first kappa shape index (κ1) is 21.7. The van der Waals surface area contributed by atoms with Gasteiger partial charge in [0.2, 0.25) is 5.91 Å². The zero-order valence-corrected chi connectivity index (χ0v) is 18.8. The molecule has 1 unspecified atom stereocenters. The maximum absolute atomic E-state index is 12.3. The fourth-order valence-corrected chi connectivity index (χ4v) is 4.58. The van der Waals surface area contributed by atoms with Crippen molar-refractivity contribution in [3.8, 4) is 5.82 Å². The second-order valence-corrected chi connectivity index (χ2v) is 8.78. The van der Waals surface area contributed by atoms with Crippen LogP contribution in [0.5, 0.6) is 0 Å². The molecule has 2 aromatic rings. The van der Waals surface area contributed by atoms with Crippen LogP contribution in [0.4, 0.5) is 0 Å². The van der Waals surface area contributed by atoms with Gasteiger partial charge in [-0.3, -0.25) is 19.4 Å². The molecule has 2 saturated heterocycles. The fraction of sp³-hybridized carbons (Fsp3) is 0.636. The maximum atomic E-state index is 12.3. The summed E-state index contributed by atoms with van der Waals surface area (Å²) < 4.78 is 3.32. The normalized spacial score (nSPS) is 21.1. The van der Waals surface area contributed by atoms with E-state index in [0.717, 1.165) is 63.5 Å². The highest BCUT2D eigenvalue weighted by molar-refractivity contribution is 5.76. The van der Waals surface area contributed by atoms with E-state index < -0.39 is 0 Å². The third-order valence-corrected chi connectivity index (χ3v) is 6.51. The Morgan fingerprint density at radius 2 is 1.74 bits per heavy atom. The summed E-state index contributed by atoms with van der Waals surface area (Å²) in [6.07, 6.45) is 2.80. The lowest BCUT2D eigenvalue weighted by Gasteiger charge is -2.40. The molecule has 9 nitrogen and oxygen atoms in total. The van der Waals surface area contributed by atoms with Crippen molar-refractivity contribution in [1.82, 2.24) is 34.3 Å². The SMILES string of the molecule is Cc1cc(C)n(-c2ccc(=O)n(CCN3CCN(CC4CCCC(=O)N4C)CC3)n2)n1. The molecule has 1 amide bonds. The molecule has 168 valence electrons. The molecule has 0 bridgehead atoms. The number of piperazine rings is 1. The first-order chi connectivity index (χ1) is 14.9. The number of hydrogen-bond donors (Lipinski definition) is 0. The number of hydrogen-bond acceptors (Lipinski definition) is 6. The number of piperidine rings is 1. The summed E-state index contributed by atoms with van der Waals surface area (Å²) in [6, 6.07) is 5.63. The molecule has 1 atom stereocenters. The van der Waals surface area contributed by atoms with Gasteiger partial charge in [0.05, 0.1) is 12.2 Å². The molecule has 2 aliphatic heterocycles. The average Bonchev–Trinajstić information content (AvgIpc) is 3.10. The third-order valence-electron chi connectivity index (χ3n) is 6.51. The third kappa shape index (κ3) is 5.04. The summed E-state index contributed by atoms with van der Waals surface area (Å²) in [5.41, 5.74) is 1.84. The molecule has 2 aliphatic rings. The summed E-state index contributed by atoms with van der Waals surface area (Å²) in [5.74, 6) is 0.941. The molecule has 4 rings (SSSR count). The van der Waals surface area contributed by atoms with Crippen molar-refractivity contribution in [3.63, 3.8) is 0 Å². The zero-order valence-electron chi connectivity index (χ0n) is 18.8. The summed E-state index contributed by atoms with van der Waals surface area (Å²) in [4.78, 5) is 31.0. The topological polar surface area (TPSA) is 79.5 Å². The number of likely N-dealkylation sites (N-methyl/N-ethyl adjacent to an activating group) is 1. The van der Waals surface area contributed by atoms with Crippen LogP contribution in [0.15, 0.2) is 23.0 Å². The van der Waals surface area contributed by atoms with E-state index in [0.29, 0.717) is 24.8 Å². The van der Waals surface area contributed by atoms with E-state index in [4.69, 9.17) is 0 Å². The van der Waals surface area contributed by atoms with Crippen molar-refractivity contribution in [2.45, 2.75) is 45.7 Å². The minimum Gasteiger partial charge on any atom is -0.341 e. The Morgan fingerprint density at radius 1 is 1.00 bits per heavy atom. The second-order valence-electron chi connectivity index (χ2n) is 8.78. The van der Waals surface area contributed by atoms with Crippen LogP contribution in [0.3, 0.4) is 0 Å². The lowest BCUT2D eigenvalue weighted by atomic mass is 10.0. The minimum atomic E-state index is -0.0890. The van der Waals surface area contributed by atoms with Gasteiger partial charge >= 0.3 is 0 Å². The highest BCUT2D eigenvalue weighted by Crippen LogP contribution is 2.18. The first-order valence-corrected chi connectivity index (χ1v) is 11.2. The predicted octanol–water partition coefficient (Wildman–Crippen LogP) is 0.674. The second kappa shape index (κ2) is 9.32. The van der Waals surface area contributed by atoms with Gasteiger partial charge in [-0.25, -0.2) is 9.36 Å². The van der Waals surface area contributed by atoms with Gasteiger partial charge in [-0.2, -0.15) is 5.10 Å². The maximum Gasteiger partial charge on any atom is 0.266 e. The summed E-state index contributed by atoms with van der Waals surface area (Å²) in [5, 5.41) is 9.00. The van der Waals surface area contributed by atoms with Crippen LogP contribution in [0.1, 0.15) is 30.7 Å². The van der Waals surface area contributed by atoms with E-state index in [2.05, 4.69) is 20.0 Å². The van der Waals surface area contributed by atoms with Crippen LogP contribution >= 0.6 is 0 Å². The highest BCUT2D eigenvalue weighted by atomic mass is 16.2. The lowest BCUT2D eigenvalue weighted by molar-refractivity contribution is -0.135. The van der Waals surface area contributed by atoms with Crippen LogP contribution in [0.2, 0.25) is 0 Å². The van der Waals surface area contributed by atoms with Gasteiger partial charge in [-0.15, -0.1) is 5.10 Å². The lowest BCUT2D eigenvalue weighted by Crippen LogP contribution is -2.53. The van der Waals surface area contributed by atoms with E-state index in [-0.39, 0.29) is 11.5 Å². The number of aromatic nitrogens is 4. The van der Waals surface area contributed by atoms with Crippen LogP contribution in [-0.4, -0.2) is 92.5 Å². The van der Waals surface area contributed by atoms with Crippen LogP contribution < -0.4 is 5.56 Å². The number of carbonyl (C=O) groups is 1. The Kier molecular flexibility index (Phi) is 6.52. The van der Waals surface area contributed by atoms with E-state index in [1.807, 2.05) is 31.9 Å². The molecule has 4 heterocycles. The molecular weight excluding hydrogens is 394 g/mol. The van der Waals surface area contributed by atoms with Crippen molar-refractivity contribution in [2.75, 3.05) is 46.3 Å². The van der Waals surface area contributed by atoms with Gasteiger partial charge in [0.1, 0.15) is 0 Å². The largest absolute Gasteiger partial charge is 0.341 e. The van der Waals surface area contributed by atoms with Crippen LogP contribution in [-0.2, 0) is 11.3 Å². The number of aryl methyl sites for hydroxylation is 2. The smallest absolute Gasteiger partial charge is 0.266 e. The first-order valence-electron chi connectivity index (χ1n) is 11.2. The Balaban J connectivity index is 1.30. The molecule has 9 heteroatoms. The number of rotatable bonds is 6. The van der Waals surface area contributed by atoms with E-state index >= 15 is 0 Å². The molecule has 2 aromatic heterocycles. The van der Waals surface area contributed by atoms with Gasteiger partial charge in [0, 0.05) is 70.5 Å². The molecule has 0 aliphatic carbocycles. The predicted molar refractivity (Wildman–Crippen MR) is 118 cm³/mol. The summed E-state index contributed by atoms with van der Waals surface area (Å²) in [7, 11) is 1.94. The Morgan fingerprint density at radius 3 is 2.45 bits per heavy atom. The van der Waals surface area contributed by atoms with Gasteiger partial charge < -0.3 is 4.90 Å². The van der Waals surface area contributed by atoms with Gasteiger partial charge in [0.25, 0.3) is 5.56 Å². The standard InChI is InChI=1S/C22H33N7O2/c1-17-15-18(2)29(23-17)20-7-8-22(31)28(24-20)14-13-26-9-11-27(12-10-26)16-19-5-4-6-21(30)25(19)3/h7-8,15,19H,4-6,9-14,16H2,1-3H3. The fourth-order valence-electron chi connectivity index (χ4n) is 4.58. The van der Waals surface area contributed by atoms with Crippen molar-refractivity contribution in [3.05, 3.63) is 39.9 Å². The summed E-state index contributed by atoms with van der Waals surface area (Å²) in [6.45, 7) is 10.2. The van der Waals surface area contributed by atoms with Crippen molar-refractivity contribution < 1.29 is 4.79 Å². The Labute approximate surface area is 183 Å². The molecule has 0 spiro atoms.